The highest BCUT2D eigenvalue weighted by Gasteiger charge is 2.32. The first-order valence-electron chi connectivity index (χ1n) is 7.32. The predicted octanol–water partition coefficient (Wildman–Crippen LogP) is 1.70. The SMILES string of the molecule is O=C(CC1CC(=O)N(Cc2ccccc2)C1)NC1CC1. The van der Waals surface area contributed by atoms with Crippen molar-refractivity contribution in [2.24, 2.45) is 5.92 Å². The first-order valence-corrected chi connectivity index (χ1v) is 7.32. The van der Waals surface area contributed by atoms with Crippen molar-refractivity contribution in [2.45, 2.75) is 38.3 Å². The van der Waals surface area contributed by atoms with Crippen LogP contribution >= 0.6 is 0 Å². The fraction of sp³-hybridized carbons (Fsp3) is 0.500. The molecule has 1 heterocycles. The first-order chi connectivity index (χ1) is 9.70. The number of likely N-dealkylation sites (tertiary alicyclic amines) is 1. The maximum atomic E-state index is 12.0. The van der Waals surface area contributed by atoms with Crippen LogP contribution in [0.1, 0.15) is 31.2 Å². The minimum Gasteiger partial charge on any atom is -0.353 e. The summed E-state index contributed by atoms with van der Waals surface area (Å²) in [5.74, 6) is 0.440. The zero-order valence-corrected chi connectivity index (χ0v) is 11.5. The van der Waals surface area contributed by atoms with Gasteiger partial charge >= 0.3 is 0 Å². The Morgan fingerprint density at radius 3 is 2.70 bits per heavy atom. The van der Waals surface area contributed by atoms with Crippen LogP contribution in [0, 0.1) is 5.92 Å². The molecule has 106 valence electrons. The summed E-state index contributed by atoms with van der Waals surface area (Å²) in [5.41, 5.74) is 1.14. The molecule has 1 aliphatic heterocycles. The van der Waals surface area contributed by atoms with E-state index in [0.29, 0.717) is 32.0 Å². The largest absolute Gasteiger partial charge is 0.353 e. The third-order valence-electron chi connectivity index (χ3n) is 3.93. The Morgan fingerprint density at radius 1 is 1.25 bits per heavy atom. The van der Waals surface area contributed by atoms with Crippen molar-refractivity contribution >= 4 is 11.8 Å². The normalized spacial score (nSPS) is 22.1. The predicted molar refractivity (Wildman–Crippen MR) is 75.7 cm³/mol. The van der Waals surface area contributed by atoms with Crippen LogP contribution in [0.2, 0.25) is 0 Å². The van der Waals surface area contributed by atoms with E-state index in [1.165, 1.54) is 0 Å². The van der Waals surface area contributed by atoms with Gasteiger partial charge in [-0.2, -0.15) is 0 Å². The van der Waals surface area contributed by atoms with Gasteiger partial charge in [0.2, 0.25) is 11.8 Å². The van der Waals surface area contributed by atoms with E-state index >= 15 is 0 Å². The molecule has 1 unspecified atom stereocenters. The average molecular weight is 272 g/mol. The molecule has 0 aromatic heterocycles. The van der Waals surface area contributed by atoms with Crippen molar-refractivity contribution in [1.29, 1.82) is 0 Å². The summed E-state index contributed by atoms with van der Waals surface area (Å²) in [6.45, 7) is 1.35. The standard InChI is InChI=1S/C16H20N2O2/c19-15(17-14-6-7-14)8-13-9-16(20)18(11-13)10-12-4-2-1-3-5-12/h1-5,13-14H,6-11H2,(H,17,19). The lowest BCUT2D eigenvalue weighted by molar-refractivity contribution is -0.128. The third-order valence-corrected chi connectivity index (χ3v) is 3.93. The third kappa shape index (κ3) is 3.38. The van der Waals surface area contributed by atoms with Gasteiger partial charge in [0.05, 0.1) is 0 Å². The quantitative estimate of drug-likeness (QED) is 0.887. The van der Waals surface area contributed by atoms with E-state index in [-0.39, 0.29) is 17.7 Å². The lowest BCUT2D eigenvalue weighted by Crippen LogP contribution is -2.28. The molecule has 1 aromatic rings. The molecule has 1 aromatic carbocycles. The van der Waals surface area contributed by atoms with Crippen molar-refractivity contribution < 1.29 is 9.59 Å². The molecular formula is C16H20N2O2. The molecule has 2 fully saturated rings. The van der Waals surface area contributed by atoms with Crippen LogP contribution in [0.15, 0.2) is 30.3 Å². The topological polar surface area (TPSA) is 49.4 Å². The Balaban J connectivity index is 1.51. The number of benzene rings is 1. The molecule has 0 spiro atoms. The molecule has 2 amide bonds. The molecule has 1 saturated carbocycles. The van der Waals surface area contributed by atoms with E-state index in [4.69, 9.17) is 0 Å². The Hall–Kier alpha value is -1.84. The second-order valence-electron chi connectivity index (χ2n) is 5.88. The van der Waals surface area contributed by atoms with Crippen molar-refractivity contribution in [3.05, 3.63) is 35.9 Å². The molecule has 1 saturated heterocycles. The van der Waals surface area contributed by atoms with E-state index < -0.39 is 0 Å². The highest BCUT2D eigenvalue weighted by molar-refractivity contribution is 5.81. The second kappa shape index (κ2) is 5.65. The molecular weight excluding hydrogens is 252 g/mol. The van der Waals surface area contributed by atoms with E-state index in [0.717, 1.165) is 18.4 Å². The lowest BCUT2D eigenvalue weighted by atomic mass is 10.0. The number of carbonyl (C=O) groups is 2. The molecule has 1 aliphatic carbocycles. The summed E-state index contributed by atoms with van der Waals surface area (Å²) in [6, 6.07) is 10.4. The van der Waals surface area contributed by atoms with Gasteiger partial charge in [0.15, 0.2) is 0 Å². The zero-order chi connectivity index (χ0) is 13.9. The summed E-state index contributed by atoms with van der Waals surface area (Å²) in [6.07, 6.45) is 3.20. The van der Waals surface area contributed by atoms with Crippen LogP contribution in [0.3, 0.4) is 0 Å². The van der Waals surface area contributed by atoms with Crippen LogP contribution in [-0.2, 0) is 16.1 Å². The lowest BCUT2D eigenvalue weighted by Gasteiger charge is -2.16. The molecule has 20 heavy (non-hydrogen) atoms. The van der Waals surface area contributed by atoms with Crippen LogP contribution < -0.4 is 5.32 Å². The van der Waals surface area contributed by atoms with Gasteiger partial charge in [0.1, 0.15) is 0 Å². The Labute approximate surface area is 119 Å². The summed E-state index contributed by atoms with van der Waals surface area (Å²) in [4.78, 5) is 25.6. The molecule has 0 bridgehead atoms. The minimum absolute atomic E-state index is 0.104. The highest BCUT2D eigenvalue weighted by atomic mass is 16.2. The van der Waals surface area contributed by atoms with Crippen molar-refractivity contribution in [2.75, 3.05) is 6.54 Å². The number of hydrogen-bond donors (Lipinski definition) is 1. The number of carbonyl (C=O) groups excluding carboxylic acids is 2. The number of hydrogen-bond acceptors (Lipinski definition) is 2. The number of nitrogens with one attached hydrogen (secondary N) is 1. The van der Waals surface area contributed by atoms with Crippen LogP contribution in [0.4, 0.5) is 0 Å². The summed E-state index contributed by atoms with van der Waals surface area (Å²) in [7, 11) is 0. The van der Waals surface area contributed by atoms with Gasteiger partial charge in [-0.05, 0) is 24.3 Å². The molecule has 0 radical (unpaired) electrons. The Bertz CT molecular complexity index is 496. The smallest absolute Gasteiger partial charge is 0.223 e. The Kier molecular flexibility index (Phi) is 3.72. The van der Waals surface area contributed by atoms with Gasteiger partial charge in [-0.1, -0.05) is 30.3 Å². The number of rotatable bonds is 5. The number of amides is 2. The second-order valence-corrected chi connectivity index (χ2v) is 5.88. The summed E-state index contributed by atoms with van der Waals surface area (Å²) >= 11 is 0. The van der Waals surface area contributed by atoms with E-state index in [1.807, 2.05) is 35.2 Å². The molecule has 1 atom stereocenters. The zero-order valence-electron chi connectivity index (χ0n) is 11.5. The van der Waals surface area contributed by atoms with Crippen LogP contribution in [-0.4, -0.2) is 29.3 Å². The van der Waals surface area contributed by atoms with Gasteiger partial charge in [-0.25, -0.2) is 0 Å². The first kappa shape index (κ1) is 13.2. The van der Waals surface area contributed by atoms with Crippen molar-refractivity contribution in [3.63, 3.8) is 0 Å². The minimum atomic E-state index is 0.104. The fourth-order valence-electron chi connectivity index (χ4n) is 2.72. The van der Waals surface area contributed by atoms with Crippen molar-refractivity contribution in [3.8, 4) is 0 Å². The van der Waals surface area contributed by atoms with Gasteiger partial charge in [0.25, 0.3) is 0 Å². The average Bonchev–Trinajstić information content (AvgIpc) is 3.16. The molecule has 1 N–H and O–H groups in total. The van der Waals surface area contributed by atoms with E-state index in [9.17, 15) is 9.59 Å². The number of nitrogens with zero attached hydrogens (tertiary/aromatic N) is 1. The Morgan fingerprint density at radius 2 is 2.00 bits per heavy atom. The highest BCUT2D eigenvalue weighted by Crippen LogP contribution is 2.24. The maximum Gasteiger partial charge on any atom is 0.223 e. The monoisotopic (exact) mass is 272 g/mol. The summed E-state index contributed by atoms with van der Waals surface area (Å²) < 4.78 is 0. The van der Waals surface area contributed by atoms with Gasteiger partial charge < -0.3 is 10.2 Å². The fourth-order valence-corrected chi connectivity index (χ4v) is 2.72. The molecule has 3 rings (SSSR count). The van der Waals surface area contributed by atoms with Crippen LogP contribution in [0.5, 0.6) is 0 Å². The van der Waals surface area contributed by atoms with Gasteiger partial charge in [0, 0.05) is 32.0 Å². The summed E-state index contributed by atoms with van der Waals surface area (Å²) in [5, 5.41) is 2.99. The van der Waals surface area contributed by atoms with E-state index in [1.54, 1.807) is 0 Å². The molecule has 4 heteroatoms. The van der Waals surface area contributed by atoms with Gasteiger partial charge in [-0.3, -0.25) is 9.59 Å². The van der Waals surface area contributed by atoms with Crippen LogP contribution in [0.25, 0.3) is 0 Å². The van der Waals surface area contributed by atoms with Gasteiger partial charge in [-0.15, -0.1) is 0 Å². The van der Waals surface area contributed by atoms with Crippen molar-refractivity contribution in [1.82, 2.24) is 10.2 Å². The molecule has 4 nitrogen and oxygen atoms in total. The van der Waals surface area contributed by atoms with E-state index in [2.05, 4.69) is 5.32 Å². The maximum absolute atomic E-state index is 12.0. The molecule has 2 aliphatic rings.